The van der Waals surface area contributed by atoms with Gasteiger partial charge < -0.3 is 9.64 Å². The van der Waals surface area contributed by atoms with E-state index in [0.29, 0.717) is 6.54 Å². The lowest BCUT2D eigenvalue weighted by atomic mass is 10.2. The molecular formula is C17H15ClN2O3. The number of hydrogen-bond acceptors (Lipinski definition) is 4. The van der Waals surface area contributed by atoms with E-state index in [4.69, 9.17) is 16.3 Å². The van der Waals surface area contributed by atoms with E-state index in [-0.39, 0.29) is 16.6 Å². The molecule has 0 aliphatic carbocycles. The highest BCUT2D eigenvalue weighted by molar-refractivity contribution is 6.32. The number of pyridine rings is 1. The van der Waals surface area contributed by atoms with Crippen molar-refractivity contribution in [3.8, 4) is 0 Å². The monoisotopic (exact) mass is 330 g/mol. The van der Waals surface area contributed by atoms with Gasteiger partial charge in [0.05, 0.1) is 5.56 Å². The summed E-state index contributed by atoms with van der Waals surface area (Å²) in [7, 11) is 0. The van der Waals surface area contributed by atoms with Crippen LogP contribution in [0.4, 0.5) is 5.69 Å². The maximum atomic E-state index is 12.6. The Kier molecular flexibility index (Phi) is 4.30. The molecule has 1 amide bonds. The first kappa shape index (κ1) is 15.5. The number of hydrogen-bond donors (Lipinski definition) is 0. The minimum Gasteiger partial charge on any atom is -0.449 e. The number of carbonyl (C=O) groups is 2. The van der Waals surface area contributed by atoms with Gasteiger partial charge in [0, 0.05) is 18.4 Å². The van der Waals surface area contributed by atoms with E-state index in [1.807, 2.05) is 24.3 Å². The summed E-state index contributed by atoms with van der Waals surface area (Å²) in [4.78, 5) is 30.2. The Hall–Kier alpha value is -2.40. The standard InChI is InChI=1S/C17H15ClN2O3/c1-11(23-17(22)13-6-4-9-19-15(13)18)16(21)20-10-8-12-5-2-3-7-14(12)20/h2-7,9,11H,8,10H2,1H3/t11-/m1/s1. The van der Waals surface area contributed by atoms with Crippen LogP contribution in [-0.2, 0) is 16.0 Å². The van der Waals surface area contributed by atoms with Gasteiger partial charge in [-0.25, -0.2) is 9.78 Å². The summed E-state index contributed by atoms with van der Waals surface area (Å²) in [5.74, 6) is -0.903. The number of aromatic nitrogens is 1. The van der Waals surface area contributed by atoms with Crippen molar-refractivity contribution in [1.82, 2.24) is 4.98 Å². The fourth-order valence-electron chi connectivity index (χ4n) is 2.60. The molecule has 5 nitrogen and oxygen atoms in total. The molecule has 0 spiro atoms. The summed E-state index contributed by atoms with van der Waals surface area (Å²) in [5, 5.41) is 0.0590. The Morgan fingerprint density at radius 1 is 1.26 bits per heavy atom. The van der Waals surface area contributed by atoms with Gasteiger partial charge in [0.25, 0.3) is 5.91 Å². The minimum absolute atomic E-state index is 0.0590. The number of ether oxygens (including phenoxy) is 1. The Morgan fingerprint density at radius 3 is 2.83 bits per heavy atom. The normalized spacial score (nSPS) is 14.3. The van der Waals surface area contributed by atoms with E-state index in [9.17, 15) is 9.59 Å². The van der Waals surface area contributed by atoms with E-state index in [0.717, 1.165) is 17.7 Å². The third-order valence-corrected chi connectivity index (χ3v) is 4.06. The predicted molar refractivity (Wildman–Crippen MR) is 86.6 cm³/mol. The minimum atomic E-state index is -0.898. The Morgan fingerprint density at radius 2 is 2.04 bits per heavy atom. The largest absolute Gasteiger partial charge is 0.449 e. The predicted octanol–water partition coefficient (Wildman–Crippen LogP) is 2.87. The maximum Gasteiger partial charge on any atom is 0.342 e. The smallest absolute Gasteiger partial charge is 0.342 e. The first-order valence-electron chi connectivity index (χ1n) is 7.28. The number of carbonyl (C=O) groups excluding carboxylic acids is 2. The van der Waals surface area contributed by atoms with Gasteiger partial charge in [-0.05, 0) is 37.1 Å². The van der Waals surface area contributed by atoms with Gasteiger partial charge in [-0.3, -0.25) is 4.79 Å². The first-order chi connectivity index (χ1) is 11.1. The molecule has 3 rings (SSSR count). The van der Waals surface area contributed by atoms with Gasteiger partial charge in [-0.2, -0.15) is 0 Å². The number of fused-ring (bicyclic) bond motifs is 1. The highest BCUT2D eigenvalue weighted by Gasteiger charge is 2.30. The van der Waals surface area contributed by atoms with Crippen molar-refractivity contribution >= 4 is 29.2 Å². The molecule has 6 heteroatoms. The molecule has 1 atom stereocenters. The fraction of sp³-hybridized carbons (Fsp3) is 0.235. The van der Waals surface area contributed by atoms with Crippen molar-refractivity contribution in [3.05, 3.63) is 58.9 Å². The van der Waals surface area contributed by atoms with Crippen molar-refractivity contribution in [2.24, 2.45) is 0 Å². The summed E-state index contributed by atoms with van der Waals surface area (Å²) in [5.41, 5.74) is 2.14. The van der Waals surface area contributed by atoms with Crippen LogP contribution in [0.15, 0.2) is 42.6 Å². The van der Waals surface area contributed by atoms with Crippen LogP contribution in [-0.4, -0.2) is 29.5 Å². The van der Waals surface area contributed by atoms with Crippen LogP contribution in [0.5, 0.6) is 0 Å². The second-order valence-electron chi connectivity index (χ2n) is 5.26. The Labute approximate surface area is 138 Å². The van der Waals surface area contributed by atoms with E-state index in [2.05, 4.69) is 4.98 Å². The molecule has 0 radical (unpaired) electrons. The second kappa shape index (κ2) is 6.38. The highest BCUT2D eigenvalue weighted by Crippen LogP contribution is 2.28. The zero-order valence-electron chi connectivity index (χ0n) is 12.5. The molecule has 0 fully saturated rings. The molecule has 0 N–H and O–H groups in total. The van der Waals surface area contributed by atoms with Gasteiger partial charge in [0.15, 0.2) is 6.10 Å². The van der Waals surface area contributed by atoms with Crippen LogP contribution in [0, 0.1) is 0 Å². The lowest BCUT2D eigenvalue weighted by Crippen LogP contribution is -2.39. The summed E-state index contributed by atoms with van der Waals surface area (Å²) in [6.45, 7) is 2.15. The lowest BCUT2D eigenvalue weighted by molar-refractivity contribution is -0.126. The summed E-state index contributed by atoms with van der Waals surface area (Å²) < 4.78 is 5.25. The number of benzene rings is 1. The zero-order chi connectivity index (χ0) is 16.4. The molecule has 2 heterocycles. The van der Waals surface area contributed by atoms with Crippen LogP contribution in [0.1, 0.15) is 22.8 Å². The molecule has 1 aromatic heterocycles. The average molecular weight is 331 g/mol. The van der Waals surface area contributed by atoms with Gasteiger partial charge in [-0.15, -0.1) is 0 Å². The molecule has 1 aromatic carbocycles. The first-order valence-corrected chi connectivity index (χ1v) is 7.66. The zero-order valence-corrected chi connectivity index (χ0v) is 13.3. The molecule has 0 bridgehead atoms. The molecule has 1 aliphatic rings. The third kappa shape index (κ3) is 3.05. The van der Waals surface area contributed by atoms with Crippen LogP contribution in [0.2, 0.25) is 5.15 Å². The Bertz CT molecular complexity index is 763. The van der Waals surface area contributed by atoms with Crippen LogP contribution in [0.3, 0.4) is 0 Å². The Balaban J connectivity index is 1.72. The molecule has 118 valence electrons. The van der Waals surface area contributed by atoms with Gasteiger partial charge in [0.2, 0.25) is 0 Å². The van der Waals surface area contributed by atoms with Crippen molar-refractivity contribution in [1.29, 1.82) is 0 Å². The summed E-state index contributed by atoms with van der Waals surface area (Å²) in [6.07, 6.45) is 1.39. The quantitative estimate of drug-likeness (QED) is 0.641. The summed E-state index contributed by atoms with van der Waals surface area (Å²) in [6, 6.07) is 10.8. The molecule has 0 unspecified atom stereocenters. The number of nitrogens with zero attached hydrogens (tertiary/aromatic N) is 2. The number of anilines is 1. The molecule has 0 saturated carbocycles. The third-order valence-electron chi connectivity index (χ3n) is 3.76. The maximum absolute atomic E-state index is 12.6. The fourth-order valence-corrected chi connectivity index (χ4v) is 2.80. The topological polar surface area (TPSA) is 59.5 Å². The number of para-hydroxylation sites is 1. The van der Waals surface area contributed by atoms with Crippen LogP contribution < -0.4 is 4.90 Å². The van der Waals surface area contributed by atoms with Crippen molar-refractivity contribution in [2.45, 2.75) is 19.4 Å². The van der Waals surface area contributed by atoms with E-state index in [1.165, 1.54) is 12.3 Å². The second-order valence-corrected chi connectivity index (χ2v) is 5.62. The van der Waals surface area contributed by atoms with E-state index >= 15 is 0 Å². The van der Waals surface area contributed by atoms with Crippen LogP contribution >= 0.6 is 11.6 Å². The number of rotatable bonds is 3. The van der Waals surface area contributed by atoms with Gasteiger partial charge >= 0.3 is 5.97 Å². The number of halogens is 1. The number of esters is 1. The molecule has 2 aromatic rings. The van der Waals surface area contributed by atoms with Gasteiger partial charge in [-0.1, -0.05) is 29.8 Å². The van der Waals surface area contributed by atoms with E-state index in [1.54, 1.807) is 17.9 Å². The molecule has 1 aliphatic heterocycles. The van der Waals surface area contributed by atoms with Gasteiger partial charge in [0.1, 0.15) is 5.15 Å². The summed E-state index contributed by atoms with van der Waals surface area (Å²) >= 11 is 5.87. The van der Waals surface area contributed by atoms with Crippen LogP contribution in [0.25, 0.3) is 0 Å². The van der Waals surface area contributed by atoms with Crippen molar-refractivity contribution in [3.63, 3.8) is 0 Å². The highest BCUT2D eigenvalue weighted by atomic mass is 35.5. The van der Waals surface area contributed by atoms with Crippen molar-refractivity contribution < 1.29 is 14.3 Å². The molecule has 23 heavy (non-hydrogen) atoms. The lowest BCUT2D eigenvalue weighted by Gasteiger charge is -2.21. The van der Waals surface area contributed by atoms with E-state index < -0.39 is 12.1 Å². The molecular weight excluding hydrogens is 316 g/mol. The molecule has 0 saturated heterocycles. The number of amides is 1. The van der Waals surface area contributed by atoms with Crippen molar-refractivity contribution in [2.75, 3.05) is 11.4 Å². The SMILES string of the molecule is C[C@@H](OC(=O)c1cccnc1Cl)C(=O)N1CCc2ccccc21. The average Bonchev–Trinajstić information content (AvgIpc) is 2.98.